The summed E-state index contributed by atoms with van der Waals surface area (Å²) < 4.78 is 5.67. The predicted octanol–water partition coefficient (Wildman–Crippen LogP) is 3.96. The average molecular weight is 290 g/mol. The van der Waals surface area contributed by atoms with Crippen LogP contribution in [0.4, 0.5) is 0 Å². The predicted molar refractivity (Wildman–Crippen MR) is 84.6 cm³/mol. The van der Waals surface area contributed by atoms with E-state index >= 15 is 0 Å². The summed E-state index contributed by atoms with van der Waals surface area (Å²) in [6.45, 7) is 1.60. The molecule has 0 amide bonds. The summed E-state index contributed by atoms with van der Waals surface area (Å²) in [5, 5.41) is -0.118. The molecule has 2 rings (SSSR count). The molecule has 1 unspecified atom stereocenters. The van der Waals surface area contributed by atoms with Crippen molar-refractivity contribution in [3.8, 4) is 5.75 Å². The Bertz CT molecular complexity index is 510. The molecule has 0 N–H and O–H groups in total. The summed E-state index contributed by atoms with van der Waals surface area (Å²) in [7, 11) is 4.06. The molecule has 2 aromatic rings. The maximum atomic E-state index is 6.48. The summed E-state index contributed by atoms with van der Waals surface area (Å²) in [6.07, 6.45) is 0. The highest BCUT2D eigenvalue weighted by molar-refractivity contribution is 6.22. The molecule has 0 spiro atoms. The molecule has 0 fully saturated rings. The second-order valence-electron chi connectivity index (χ2n) is 4.99. The molecule has 0 heterocycles. The van der Waals surface area contributed by atoms with Crippen LogP contribution < -0.4 is 4.74 Å². The topological polar surface area (TPSA) is 12.5 Å². The fourth-order valence-corrected chi connectivity index (χ4v) is 2.18. The lowest BCUT2D eigenvalue weighted by Gasteiger charge is -2.13. The molecule has 0 saturated carbocycles. The zero-order valence-corrected chi connectivity index (χ0v) is 12.7. The highest BCUT2D eigenvalue weighted by Gasteiger charge is 2.10. The Kier molecular flexibility index (Phi) is 5.45. The second kappa shape index (κ2) is 7.32. The number of halogens is 1. The molecule has 0 radical (unpaired) electrons. The maximum Gasteiger partial charge on any atom is 0.119 e. The van der Waals surface area contributed by atoms with Gasteiger partial charge < -0.3 is 9.64 Å². The van der Waals surface area contributed by atoms with Crippen LogP contribution in [0, 0.1) is 0 Å². The lowest BCUT2D eigenvalue weighted by molar-refractivity contribution is 0.261. The number of rotatable bonds is 6. The molecular formula is C17H20ClNO. The van der Waals surface area contributed by atoms with Crippen LogP contribution in [0.15, 0.2) is 54.6 Å². The Morgan fingerprint density at radius 2 is 1.55 bits per heavy atom. The Morgan fingerprint density at radius 3 is 2.15 bits per heavy atom. The molecular weight excluding hydrogens is 270 g/mol. The summed E-state index contributed by atoms with van der Waals surface area (Å²) in [6, 6.07) is 18.1. The van der Waals surface area contributed by atoms with Crippen LogP contribution in [-0.4, -0.2) is 32.1 Å². The van der Waals surface area contributed by atoms with Crippen molar-refractivity contribution in [1.29, 1.82) is 0 Å². The first-order valence-corrected chi connectivity index (χ1v) is 7.17. The lowest BCUT2D eigenvalue weighted by Crippen LogP contribution is -2.19. The van der Waals surface area contributed by atoms with E-state index in [1.165, 1.54) is 0 Å². The van der Waals surface area contributed by atoms with Gasteiger partial charge in [-0.25, -0.2) is 0 Å². The van der Waals surface area contributed by atoms with E-state index in [1.54, 1.807) is 0 Å². The van der Waals surface area contributed by atoms with Crippen LogP contribution in [-0.2, 0) is 0 Å². The van der Waals surface area contributed by atoms with Gasteiger partial charge >= 0.3 is 0 Å². The first-order chi connectivity index (χ1) is 9.66. The van der Waals surface area contributed by atoms with E-state index in [1.807, 2.05) is 68.7 Å². The van der Waals surface area contributed by atoms with Gasteiger partial charge in [0.25, 0.3) is 0 Å². The zero-order chi connectivity index (χ0) is 14.4. The molecule has 0 saturated heterocycles. The molecule has 0 aliphatic heterocycles. The van der Waals surface area contributed by atoms with Gasteiger partial charge in [0.2, 0.25) is 0 Å². The zero-order valence-electron chi connectivity index (χ0n) is 11.9. The van der Waals surface area contributed by atoms with Crippen LogP contribution in [0.1, 0.15) is 16.5 Å². The number of alkyl halides is 1. The Morgan fingerprint density at radius 1 is 0.950 bits per heavy atom. The molecule has 0 aromatic heterocycles. The third-order valence-electron chi connectivity index (χ3n) is 3.07. The monoisotopic (exact) mass is 289 g/mol. The van der Waals surface area contributed by atoms with E-state index in [4.69, 9.17) is 16.3 Å². The van der Waals surface area contributed by atoms with Gasteiger partial charge in [-0.05, 0) is 37.4 Å². The van der Waals surface area contributed by atoms with E-state index in [-0.39, 0.29) is 5.38 Å². The van der Waals surface area contributed by atoms with Gasteiger partial charge in [-0.1, -0.05) is 42.5 Å². The largest absolute Gasteiger partial charge is 0.492 e. The minimum absolute atomic E-state index is 0.118. The SMILES string of the molecule is CN(C)CCOc1ccc(C(Cl)c2ccccc2)cc1. The second-order valence-corrected chi connectivity index (χ2v) is 5.43. The van der Waals surface area contributed by atoms with Gasteiger partial charge in [-0.2, -0.15) is 0 Å². The van der Waals surface area contributed by atoms with Crippen molar-refractivity contribution in [2.24, 2.45) is 0 Å². The van der Waals surface area contributed by atoms with Crippen molar-refractivity contribution < 1.29 is 4.74 Å². The third-order valence-corrected chi connectivity index (χ3v) is 3.58. The molecule has 2 aromatic carbocycles. The minimum Gasteiger partial charge on any atom is -0.492 e. The molecule has 0 bridgehead atoms. The number of hydrogen-bond acceptors (Lipinski definition) is 2. The van der Waals surface area contributed by atoms with Crippen molar-refractivity contribution in [3.63, 3.8) is 0 Å². The number of likely N-dealkylation sites (N-methyl/N-ethyl adjacent to an activating group) is 1. The lowest BCUT2D eigenvalue weighted by atomic mass is 10.0. The van der Waals surface area contributed by atoms with E-state index in [0.29, 0.717) is 6.61 Å². The van der Waals surface area contributed by atoms with Crippen LogP contribution >= 0.6 is 11.6 Å². The fraction of sp³-hybridized carbons (Fsp3) is 0.294. The molecule has 20 heavy (non-hydrogen) atoms. The van der Waals surface area contributed by atoms with Gasteiger partial charge in [0.05, 0.1) is 5.38 Å². The standard InChI is InChI=1S/C17H20ClNO/c1-19(2)12-13-20-16-10-8-15(9-11-16)17(18)14-6-4-3-5-7-14/h3-11,17H,12-13H2,1-2H3. The normalized spacial score (nSPS) is 12.4. The molecule has 0 aliphatic carbocycles. The van der Waals surface area contributed by atoms with Crippen molar-refractivity contribution >= 4 is 11.6 Å². The van der Waals surface area contributed by atoms with E-state index in [2.05, 4.69) is 4.90 Å². The average Bonchev–Trinajstić information content (AvgIpc) is 2.48. The fourth-order valence-electron chi connectivity index (χ4n) is 1.89. The van der Waals surface area contributed by atoms with Gasteiger partial charge in [0.1, 0.15) is 12.4 Å². The highest BCUT2D eigenvalue weighted by atomic mass is 35.5. The quantitative estimate of drug-likeness (QED) is 0.747. The Balaban J connectivity index is 1.97. The van der Waals surface area contributed by atoms with Gasteiger partial charge in [-0.15, -0.1) is 11.6 Å². The van der Waals surface area contributed by atoms with Gasteiger partial charge in [-0.3, -0.25) is 0 Å². The first-order valence-electron chi connectivity index (χ1n) is 6.73. The molecule has 0 aliphatic rings. The van der Waals surface area contributed by atoms with Crippen molar-refractivity contribution in [2.75, 3.05) is 27.2 Å². The number of ether oxygens (including phenoxy) is 1. The van der Waals surface area contributed by atoms with Crippen LogP contribution in [0.5, 0.6) is 5.75 Å². The highest BCUT2D eigenvalue weighted by Crippen LogP contribution is 2.29. The number of hydrogen-bond donors (Lipinski definition) is 0. The minimum atomic E-state index is -0.118. The van der Waals surface area contributed by atoms with Gasteiger partial charge in [0, 0.05) is 6.54 Å². The van der Waals surface area contributed by atoms with Crippen molar-refractivity contribution in [1.82, 2.24) is 4.90 Å². The van der Waals surface area contributed by atoms with E-state index in [9.17, 15) is 0 Å². The number of benzene rings is 2. The summed E-state index contributed by atoms with van der Waals surface area (Å²) in [4.78, 5) is 2.10. The molecule has 106 valence electrons. The van der Waals surface area contributed by atoms with Crippen LogP contribution in [0.3, 0.4) is 0 Å². The number of nitrogens with zero attached hydrogens (tertiary/aromatic N) is 1. The van der Waals surface area contributed by atoms with E-state index < -0.39 is 0 Å². The smallest absolute Gasteiger partial charge is 0.119 e. The van der Waals surface area contributed by atoms with Crippen molar-refractivity contribution in [3.05, 3.63) is 65.7 Å². The Labute approximate surface area is 125 Å². The van der Waals surface area contributed by atoms with E-state index in [0.717, 1.165) is 23.4 Å². The van der Waals surface area contributed by atoms with Crippen molar-refractivity contribution in [2.45, 2.75) is 5.38 Å². The summed E-state index contributed by atoms with van der Waals surface area (Å²) in [5.74, 6) is 0.882. The maximum absolute atomic E-state index is 6.48. The van der Waals surface area contributed by atoms with Crippen LogP contribution in [0.25, 0.3) is 0 Å². The summed E-state index contributed by atoms with van der Waals surface area (Å²) >= 11 is 6.48. The summed E-state index contributed by atoms with van der Waals surface area (Å²) in [5.41, 5.74) is 2.19. The molecule has 3 heteroatoms. The first kappa shape index (κ1) is 14.9. The van der Waals surface area contributed by atoms with Gasteiger partial charge in [0.15, 0.2) is 0 Å². The third kappa shape index (κ3) is 4.26. The molecule has 2 nitrogen and oxygen atoms in total. The Hall–Kier alpha value is -1.51. The van der Waals surface area contributed by atoms with Crippen LogP contribution in [0.2, 0.25) is 0 Å². The molecule has 1 atom stereocenters.